The summed E-state index contributed by atoms with van der Waals surface area (Å²) in [5.41, 5.74) is 3.17. The normalized spacial score (nSPS) is 12.1. The van der Waals surface area contributed by atoms with E-state index in [2.05, 4.69) is 36.5 Å². The first-order chi connectivity index (χ1) is 10.1. The van der Waals surface area contributed by atoms with Crippen LogP contribution in [0.3, 0.4) is 0 Å². The van der Waals surface area contributed by atoms with E-state index in [9.17, 15) is 9.50 Å². The van der Waals surface area contributed by atoms with Crippen LogP contribution in [0.25, 0.3) is 0 Å². The van der Waals surface area contributed by atoms with Crippen LogP contribution in [0.1, 0.15) is 43.9 Å². The molecular formula is C18H22FNO. The Morgan fingerprint density at radius 2 is 1.86 bits per heavy atom. The molecule has 0 saturated carbocycles. The number of anilines is 1. The zero-order chi connectivity index (χ0) is 15.2. The molecule has 0 aliphatic rings. The Hall–Kier alpha value is -2.03. The fourth-order valence-electron chi connectivity index (χ4n) is 2.28. The van der Waals surface area contributed by atoms with E-state index in [0.717, 1.165) is 12.0 Å². The van der Waals surface area contributed by atoms with E-state index >= 15 is 0 Å². The molecule has 1 unspecified atom stereocenters. The molecule has 3 heteroatoms. The molecule has 2 rings (SSSR count). The largest absolute Gasteiger partial charge is 0.505 e. The Kier molecular flexibility index (Phi) is 5.20. The quantitative estimate of drug-likeness (QED) is 0.729. The zero-order valence-electron chi connectivity index (χ0n) is 12.6. The monoisotopic (exact) mass is 287 g/mol. The number of aromatic hydroxyl groups is 1. The second-order valence-corrected chi connectivity index (χ2v) is 5.38. The second kappa shape index (κ2) is 7.11. The van der Waals surface area contributed by atoms with E-state index in [1.165, 1.54) is 30.5 Å². The summed E-state index contributed by atoms with van der Waals surface area (Å²) in [5, 5.41) is 12.4. The van der Waals surface area contributed by atoms with E-state index in [1.54, 1.807) is 6.07 Å². The van der Waals surface area contributed by atoms with Gasteiger partial charge < -0.3 is 10.4 Å². The molecule has 2 nitrogen and oxygen atoms in total. The van der Waals surface area contributed by atoms with Crippen LogP contribution in [0.4, 0.5) is 10.1 Å². The Labute approximate surface area is 125 Å². The third kappa shape index (κ3) is 4.22. The molecule has 2 aromatic rings. The summed E-state index contributed by atoms with van der Waals surface area (Å²) >= 11 is 0. The number of halogens is 1. The van der Waals surface area contributed by atoms with Crippen molar-refractivity contribution in [2.24, 2.45) is 0 Å². The lowest BCUT2D eigenvalue weighted by Crippen LogP contribution is -2.06. The summed E-state index contributed by atoms with van der Waals surface area (Å²) in [6.45, 7) is 4.23. The molecule has 0 bridgehead atoms. The van der Waals surface area contributed by atoms with Gasteiger partial charge in [0.2, 0.25) is 0 Å². The van der Waals surface area contributed by atoms with Gasteiger partial charge in [0.25, 0.3) is 0 Å². The zero-order valence-corrected chi connectivity index (χ0v) is 12.6. The Bertz CT molecular complexity index is 580. The first-order valence-electron chi connectivity index (χ1n) is 7.44. The van der Waals surface area contributed by atoms with Crippen LogP contribution in [0.5, 0.6) is 5.75 Å². The Morgan fingerprint density at radius 1 is 1.14 bits per heavy atom. The van der Waals surface area contributed by atoms with Crippen molar-refractivity contribution in [3.63, 3.8) is 0 Å². The van der Waals surface area contributed by atoms with E-state index in [1.807, 2.05) is 6.92 Å². The number of hydrogen-bond acceptors (Lipinski definition) is 2. The van der Waals surface area contributed by atoms with Gasteiger partial charge in [-0.25, -0.2) is 4.39 Å². The highest BCUT2D eigenvalue weighted by molar-refractivity contribution is 5.48. The molecule has 1 atom stereocenters. The second-order valence-electron chi connectivity index (χ2n) is 5.38. The number of rotatable bonds is 6. The van der Waals surface area contributed by atoms with Gasteiger partial charge in [0.15, 0.2) is 11.6 Å². The molecule has 0 heterocycles. The maximum atomic E-state index is 13.3. The summed E-state index contributed by atoms with van der Waals surface area (Å²) < 4.78 is 13.3. The maximum absolute atomic E-state index is 13.3. The molecule has 0 aromatic heterocycles. The van der Waals surface area contributed by atoms with E-state index in [0.29, 0.717) is 5.69 Å². The van der Waals surface area contributed by atoms with Crippen LogP contribution >= 0.6 is 0 Å². The van der Waals surface area contributed by atoms with E-state index in [-0.39, 0.29) is 11.8 Å². The molecule has 0 saturated heterocycles. The lowest BCUT2D eigenvalue weighted by Gasteiger charge is -2.16. The van der Waals surface area contributed by atoms with Gasteiger partial charge in [-0.05, 0) is 43.0 Å². The van der Waals surface area contributed by atoms with Crippen LogP contribution in [-0.4, -0.2) is 5.11 Å². The van der Waals surface area contributed by atoms with Crippen molar-refractivity contribution in [1.82, 2.24) is 0 Å². The molecule has 0 aliphatic heterocycles. The smallest absolute Gasteiger partial charge is 0.166 e. The average Bonchev–Trinajstić information content (AvgIpc) is 2.49. The van der Waals surface area contributed by atoms with Crippen LogP contribution in [0.15, 0.2) is 42.5 Å². The molecule has 0 spiro atoms. The van der Waals surface area contributed by atoms with Crippen molar-refractivity contribution < 1.29 is 9.50 Å². The van der Waals surface area contributed by atoms with Gasteiger partial charge in [-0.1, -0.05) is 37.6 Å². The summed E-state index contributed by atoms with van der Waals surface area (Å²) in [6.07, 6.45) is 3.52. The lowest BCUT2D eigenvalue weighted by atomic mass is 10.0. The highest BCUT2D eigenvalue weighted by Crippen LogP contribution is 2.24. The minimum absolute atomic E-state index is 0.0779. The first-order valence-corrected chi connectivity index (χ1v) is 7.44. The van der Waals surface area contributed by atoms with Crippen molar-refractivity contribution in [2.45, 2.75) is 39.2 Å². The van der Waals surface area contributed by atoms with Crippen LogP contribution < -0.4 is 5.32 Å². The number of unbranched alkanes of at least 4 members (excludes halogenated alkanes) is 1. The topological polar surface area (TPSA) is 32.3 Å². The molecule has 2 N–H and O–H groups in total. The number of phenols is 1. The fourth-order valence-corrected chi connectivity index (χ4v) is 2.28. The standard InChI is InChI=1S/C18H22FNO/c1-3-4-5-14-6-8-15(9-7-14)13(2)20-16-10-11-18(21)17(19)12-16/h6-13,20-21H,3-5H2,1-2H3. The van der Waals surface area contributed by atoms with Crippen molar-refractivity contribution >= 4 is 5.69 Å². The summed E-state index contributed by atoms with van der Waals surface area (Å²) in [5.74, 6) is -0.935. The van der Waals surface area contributed by atoms with Crippen molar-refractivity contribution in [1.29, 1.82) is 0 Å². The van der Waals surface area contributed by atoms with Crippen molar-refractivity contribution in [2.75, 3.05) is 5.32 Å². The number of nitrogens with one attached hydrogen (secondary N) is 1. The van der Waals surface area contributed by atoms with Gasteiger partial charge in [-0.15, -0.1) is 0 Å². The predicted molar refractivity (Wildman–Crippen MR) is 85.2 cm³/mol. The molecule has 0 radical (unpaired) electrons. The number of phenolic OH excluding ortho intramolecular Hbond substituents is 1. The van der Waals surface area contributed by atoms with Crippen LogP contribution in [-0.2, 0) is 6.42 Å². The fraction of sp³-hybridized carbons (Fsp3) is 0.333. The average molecular weight is 287 g/mol. The summed E-state index contributed by atoms with van der Waals surface area (Å²) in [4.78, 5) is 0. The van der Waals surface area contributed by atoms with E-state index in [4.69, 9.17) is 0 Å². The minimum Gasteiger partial charge on any atom is -0.505 e. The first kappa shape index (κ1) is 15.4. The molecule has 112 valence electrons. The third-order valence-corrected chi connectivity index (χ3v) is 3.63. The van der Waals surface area contributed by atoms with Gasteiger partial charge in [-0.3, -0.25) is 0 Å². The lowest BCUT2D eigenvalue weighted by molar-refractivity contribution is 0.432. The summed E-state index contributed by atoms with van der Waals surface area (Å²) in [7, 11) is 0. The van der Waals surface area contributed by atoms with Gasteiger partial charge in [-0.2, -0.15) is 0 Å². The Morgan fingerprint density at radius 3 is 2.48 bits per heavy atom. The van der Waals surface area contributed by atoms with Crippen LogP contribution in [0.2, 0.25) is 0 Å². The summed E-state index contributed by atoms with van der Waals surface area (Å²) in [6, 6.07) is 12.9. The third-order valence-electron chi connectivity index (χ3n) is 3.63. The van der Waals surface area contributed by atoms with Gasteiger partial charge in [0.1, 0.15) is 0 Å². The van der Waals surface area contributed by atoms with Crippen molar-refractivity contribution in [3.05, 3.63) is 59.4 Å². The molecule has 0 fully saturated rings. The van der Waals surface area contributed by atoms with Gasteiger partial charge >= 0.3 is 0 Å². The number of hydrogen-bond donors (Lipinski definition) is 2. The van der Waals surface area contributed by atoms with Crippen molar-refractivity contribution in [3.8, 4) is 5.75 Å². The molecular weight excluding hydrogens is 265 g/mol. The van der Waals surface area contributed by atoms with Crippen LogP contribution in [0, 0.1) is 5.82 Å². The Balaban J connectivity index is 2.02. The molecule has 21 heavy (non-hydrogen) atoms. The number of benzene rings is 2. The van der Waals surface area contributed by atoms with E-state index < -0.39 is 5.82 Å². The van der Waals surface area contributed by atoms with Gasteiger partial charge in [0, 0.05) is 17.8 Å². The highest BCUT2D eigenvalue weighted by Gasteiger charge is 2.07. The minimum atomic E-state index is -0.609. The molecule has 0 aliphatic carbocycles. The molecule has 2 aromatic carbocycles. The van der Waals surface area contributed by atoms with Gasteiger partial charge in [0.05, 0.1) is 0 Å². The molecule has 0 amide bonds. The maximum Gasteiger partial charge on any atom is 0.166 e. The predicted octanol–water partition coefficient (Wildman–Crippen LogP) is 5.05. The highest BCUT2D eigenvalue weighted by atomic mass is 19.1. The number of aryl methyl sites for hydroxylation is 1. The SMILES string of the molecule is CCCCc1ccc(C(C)Nc2ccc(O)c(F)c2)cc1.